The number of hydrogen-bond donors (Lipinski definition) is 2. The predicted octanol–water partition coefficient (Wildman–Crippen LogP) is 1.42. The normalized spacial score (nSPS) is 20.7. The first-order valence-corrected chi connectivity index (χ1v) is 5.85. The number of aliphatic hydroxyl groups is 1. The van der Waals surface area contributed by atoms with E-state index in [0.29, 0.717) is 30.5 Å². The van der Waals surface area contributed by atoms with Crippen LogP contribution in [0.1, 0.15) is 22.3 Å². The smallest absolute Gasteiger partial charge is 0.150 e. The van der Waals surface area contributed by atoms with E-state index in [1.54, 1.807) is 6.07 Å². The van der Waals surface area contributed by atoms with Crippen LogP contribution in [0.3, 0.4) is 0 Å². The van der Waals surface area contributed by atoms with Gasteiger partial charge >= 0.3 is 0 Å². The molecule has 1 unspecified atom stereocenters. The molecule has 1 atom stereocenters. The molecular formula is C12H14ClNO3. The van der Waals surface area contributed by atoms with E-state index in [0.717, 1.165) is 13.0 Å². The summed E-state index contributed by atoms with van der Waals surface area (Å²) in [6, 6.07) is 3.06. The Labute approximate surface area is 104 Å². The molecule has 1 fully saturated rings. The van der Waals surface area contributed by atoms with Gasteiger partial charge in [-0.15, -0.1) is 0 Å². The molecule has 1 saturated heterocycles. The average Bonchev–Trinajstić information content (AvgIpc) is 2.70. The fourth-order valence-electron chi connectivity index (χ4n) is 2.06. The van der Waals surface area contributed by atoms with Gasteiger partial charge in [-0.3, -0.25) is 9.69 Å². The Bertz CT molecular complexity index is 436. The lowest BCUT2D eigenvalue weighted by molar-refractivity contribution is 0.112. The first-order chi connectivity index (χ1) is 8.10. The Morgan fingerprint density at radius 3 is 2.88 bits per heavy atom. The highest BCUT2D eigenvalue weighted by molar-refractivity contribution is 6.32. The van der Waals surface area contributed by atoms with E-state index in [4.69, 9.17) is 11.6 Å². The number of carbonyl (C=O) groups excluding carboxylic acids is 1. The SMILES string of the molecule is O=Cc1cc(Cl)c(O)c(CN2CCC(O)C2)c1. The van der Waals surface area contributed by atoms with Gasteiger partial charge in [0.05, 0.1) is 11.1 Å². The third-order valence-corrected chi connectivity index (χ3v) is 3.23. The molecule has 1 aromatic rings. The molecule has 0 bridgehead atoms. The molecule has 0 aliphatic carbocycles. The number of β-amino-alcohol motifs (C(OH)–C–C–N with tert-alkyl or cyclic N) is 1. The Hall–Kier alpha value is -1.10. The number of hydrogen-bond acceptors (Lipinski definition) is 4. The van der Waals surface area contributed by atoms with Crippen molar-refractivity contribution in [2.75, 3.05) is 13.1 Å². The second kappa shape index (κ2) is 5.04. The molecular weight excluding hydrogens is 242 g/mol. The Balaban J connectivity index is 2.19. The fourth-order valence-corrected chi connectivity index (χ4v) is 2.31. The van der Waals surface area contributed by atoms with E-state index in [1.165, 1.54) is 6.07 Å². The van der Waals surface area contributed by atoms with E-state index < -0.39 is 0 Å². The van der Waals surface area contributed by atoms with Crippen molar-refractivity contribution >= 4 is 17.9 Å². The number of carbonyl (C=O) groups is 1. The van der Waals surface area contributed by atoms with Crippen molar-refractivity contribution in [3.8, 4) is 5.75 Å². The van der Waals surface area contributed by atoms with Crippen LogP contribution in [-0.4, -0.2) is 40.6 Å². The molecule has 0 amide bonds. The lowest BCUT2D eigenvalue weighted by Crippen LogP contribution is -2.21. The molecule has 1 aliphatic rings. The van der Waals surface area contributed by atoms with Crippen molar-refractivity contribution in [1.82, 2.24) is 4.90 Å². The summed E-state index contributed by atoms with van der Waals surface area (Å²) < 4.78 is 0. The Morgan fingerprint density at radius 1 is 1.53 bits per heavy atom. The van der Waals surface area contributed by atoms with Gasteiger partial charge < -0.3 is 10.2 Å². The highest BCUT2D eigenvalue weighted by Gasteiger charge is 2.21. The maximum atomic E-state index is 10.7. The molecule has 17 heavy (non-hydrogen) atoms. The molecule has 2 N–H and O–H groups in total. The number of aliphatic hydroxyl groups excluding tert-OH is 1. The zero-order valence-corrected chi connectivity index (χ0v) is 10.0. The summed E-state index contributed by atoms with van der Waals surface area (Å²) in [6.07, 6.45) is 1.14. The van der Waals surface area contributed by atoms with Gasteiger partial charge in [0, 0.05) is 30.8 Å². The minimum absolute atomic E-state index is 0.0126. The van der Waals surface area contributed by atoms with Crippen LogP contribution < -0.4 is 0 Å². The minimum atomic E-state index is -0.304. The molecule has 1 aromatic carbocycles. The molecule has 1 heterocycles. The van der Waals surface area contributed by atoms with Crippen LogP contribution in [0.5, 0.6) is 5.75 Å². The summed E-state index contributed by atoms with van der Waals surface area (Å²) in [4.78, 5) is 12.7. The number of phenols is 1. The van der Waals surface area contributed by atoms with Crippen LogP contribution in [-0.2, 0) is 6.54 Å². The van der Waals surface area contributed by atoms with E-state index in [9.17, 15) is 15.0 Å². The zero-order valence-electron chi connectivity index (χ0n) is 9.27. The van der Waals surface area contributed by atoms with Gasteiger partial charge in [0.25, 0.3) is 0 Å². The van der Waals surface area contributed by atoms with Crippen molar-refractivity contribution in [1.29, 1.82) is 0 Å². The topological polar surface area (TPSA) is 60.8 Å². The van der Waals surface area contributed by atoms with Crippen molar-refractivity contribution in [3.05, 3.63) is 28.3 Å². The number of benzene rings is 1. The second-order valence-corrected chi connectivity index (χ2v) is 4.71. The third-order valence-electron chi connectivity index (χ3n) is 2.94. The minimum Gasteiger partial charge on any atom is -0.506 e. The number of halogens is 1. The highest BCUT2D eigenvalue weighted by Crippen LogP contribution is 2.30. The molecule has 0 saturated carbocycles. The molecule has 0 spiro atoms. The van der Waals surface area contributed by atoms with Crippen LogP contribution in [0.15, 0.2) is 12.1 Å². The quantitative estimate of drug-likeness (QED) is 0.802. The summed E-state index contributed by atoms with van der Waals surface area (Å²) in [6.45, 7) is 1.86. The van der Waals surface area contributed by atoms with E-state index >= 15 is 0 Å². The summed E-state index contributed by atoms with van der Waals surface area (Å²) in [7, 11) is 0. The number of rotatable bonds is 3. The van der Waals surface area contributed by atoms with Crippen LogP contribution in [0, 0.1) is 0 Å². The summed E-state index contributed by atoms with van der Waals surface area (Å²) >= 11 is 5.84. The predicted molar refractivity (Wildman–Crippen MR) is 64.4 cm³/mol. The third kappa shape index (κ3) is 2.77. The van der Waals surface area contributed by atoms with Gasteiger partial charge in [-0.2, -0.15) is 0 Å². The van der Waals surface area contributed by atoms with Gasteiger partial charge in [0.15, 0.2) is 0 Å². The first-order valence-electron chi connectivity index (χ1n) is 5.47. The standard InChI is InChI=1S/C12H14ClNO3/c13-11-4-8(7-15)3-9(12(11)17)5-14-2-1-10(16)6-14/h3-4,7,10,16-17H,1-2,5-6H2. The first kappa shape index (κ1) is 12.4. The van der Waals surface area contributed by atoms with Crippen LogP contribution in [0.2, 0.25) is 5.02 Å². The zero-order chi connectivity index (χ0) is 12.4. The second-order valence-electron chi connectivity index (χ2n) is 4.31. The number of aldehydes is 1. The van der Waals surface area contributed by atoms with Gasteiger partial charge in [-0.25, -0.2) is 0 Å². The van der Waals surface area contributed by atoms with Crippen LogP contribution >= 0.6 is 11.6 Å². The van der Waals surface area contributed by atoms with Gasteiger partial charge in [-0.1, -0.05) is 11.6 Å². The lowest BCUT2D eigenvalue weighted by atomic mass is 10.1. The van der Waals surface area contributed by atoms with Crippen molar-refractivity contribution < 1.29 is 15.0 Å². The van der Waals surface area contributed by atoms with Crippen LogP contribution in [0.4, 0.5) is 0 Å². The van der Waals surface area contributed by atoms with Crippen LogP contribution in [0.25, 0.3) is 0 Å². The van der Waals surface area contributed by atoms with Crippen molar-refractivity contribution in [2.24, 2.45) is 0 Å². The Morgan fingerprint density at radius 2 is 2.29 bits per heavy atom. The summed E-state index contributed by atoms with van der Waals surface area (Å²) in [5, 5.41) is 19.4. The lowest BCUT2D eigenvalue weighted by Gasteiger charge is -2.16. The van der Waals surface area contributed by atoms with Gasteiger partial charge in [-0.05, 0) is 18.6 Å². The molecule has 4 nitrogen and oxygen atoms in total. The highest BCUT2D eigenvalue weighted by atomic mass is 35.5. The number of likely N-dealkylation sites (tertiary alicyclic amines) is 1. The van der Waals surface area contributed by atoms with Crippen molar-refractivity contribution in [2.45, 2.75) is 19.1 Å². The fraction of sp³-hybridized carbons (Fsp3) is 0.417. The van der Waals surface area contributed by atoms with Gasteiger partial charge in [0.2, 0.25) is 0 Å². The number of aromatic hydroxyl groups is 1. The monoisotopic (exact) mass is 255 g/mol. The van der Waals surface area contributed by atoms with Gasteiger partial charge in [0.1, 0.15) is 12.0 Å². The maximum Gasteiger partial charge on any atom is 0.150 e. The number of nitrogens with zero attached hydrogens (tertiary/aromatic N) is 1. The van der Waals surface area contributed by atoms with E-state index in [1.807, 2.05) is 4.90 Å². The average molecular weight is 256 g/mol. The number of phenolic OH excluding ortho intramolecular Hbond substituents is 1. The summed E-state index contributed by atoms with van der Waals surface area (Å²) in [5.74, 6) is 0.0126. The molecule has 2 rings (SSSR count). The van der Waals surface area contributed by atoms with Crippen molar-refractivity contribution in [3.63, 3.8) is 0 Å². The molecule has 5 heteroatoms. The largest absolute Gasteiger partial charge is 0.506 e. The molecule has 1 aliphatic heterocycles. The van der Waals surface area contributed by atoms with E-state index in [2.05, 4.69) is 0 Å². The molecule has 0 radical (unpaired) electrons. The molecule has 0 aromatic heterocycles. The Kier molecular flexibility index (Phi) is 3.66. The molecule has 92 valence electrons. The summed E-state index contributed by atoms with van der Waals surface area (Å²) in [5.41, 5.74) is 1.07. The van der Waals surface area contributed by atoms with E-state index in [-0.39, 0.29) is 16.9 Å². The maximum absolute atomic E-state index is 10.7.